The molecule has 3 heteroatoms. The van der Waals surface area contributed by atoms with Crippen molar-refractivity contribution in [2.45, 2.75) is 25.8 Å². The van der Waals surface area contributed by atoms with Gasteiger partial charge in [-0.1, -0.05) is 13.8 Å². The molecule has 1 fully saturated rings. The fourth-order valence-corrected chi connectivity index (χ4v) is 1.42. The predicted octanol–water partition coefficient (Wildman–Crippen LogP) is 0.547. The van der Waals surface area contributed by atoms with Gasteiger partial charge < -0.3 is 10.1 Å². The van der Waals surface area contributed by atoms with Crippen molar-refractivity contribution in [3.8, 4) is 0 Å². The second kappa shape index (κ2) is 2.81. The summed E-state index contributed by atoms with van der Waals surface area (Å²) in [6.45, 7) is 4.73. The summed E-state index contributed by atoms with van der Waals surface area (Å²) in [6.07, 6.45) is 0.863. The normalized spacial score (nSPS) is 30.0. The van der Waals surface area contributed by atoms with Crippen LogP contribution in [0.4, 0.5) is 0 Å². The minimum Gasteiger partial charge on any atom is -0.462 e. The van der Waals surface area contributed by atoms with Crippen molar-refractivity contribution in [2.75, 3.05) is 13.7 Å². The van der Waals surface area contributed by atoms with Gasteiger partial charge in [-0.25, -0.2) is 4.79 Å². The van der Waals surface area contributed by atoms with E-state index in [2.05, 4.69) is 19.2 Å². The molecule has 0 saturated carbocycles. The highest BCUT2D eigenvalue weighted by Crippen LogP contribution is 2.25. The third-order valence-electron chi connectivity index (χ3n) is 2.08. The Morgan fingerprint density at radius 3 is 2.45 bits per heavy atom. The smallest absolute Gasteiger partial charge is 0.329 e. The lowest BCUT2D eigenvalue weighted by molar-refractivity contribution is -0.176. The molecule has 0 aromatic carbocycles. The van der Waals surface area contributed by atoms with Gasteiger partial charge in [0.05, 0.1) is 0 Å². The highest BCUT2D eigenvalue weighted by molar-refractivity contribution is 5.86. The Balaban J connectivity index is 2.54. The minimum absolute atomic E-state index is 0.103. The van der Waals surface area contributed by atoms with Crippen molar-refractivity contribution in [1.82, 2.24) is 5.32 Å². The predicted molar refractivity (Wildman–Crippen MR) is 42.2 cm³/mol. The highest BCUT2D eigenvalue weighted by Gasteiger charge is 2.48. The van der Waals surface area contributed by atoms with Gasteiger partial charge in [0.2, 0.25) is 0 Å². The van der Waals surface area contributed by atoms with Crippen LogP contribution in [-0.4, -0.2) is 25.2 Å². The van der Waals surface area contributed by atoms with Crippen LogP contribution in [0.25, 0.3) is 0 Å². The molecule has 1 heterocycles. The zero-order valence-electron chi connectivity index (χ0n) is 7.31. The molecule has 64 valence electrons. The summed E-state index contributed by atoms with van der Waals surface area (Å²) >= 11 is 0. The zero-order valence-corrected chi connectivity index (χ0v) is 7.31. The van der Waals surface area contributed by atoms with Gasteiger partial charge >= 0.3 is 5.97 Å². The van der Waals surface area contributed by atoms with Crippen LogP contribution >= 0.6 is 0 Å². The Hall–Kier alpha value is -0.570. The van der Waals surface area contributed by atoms with E-state index in [1.54, 1.807) is 0 Å². The van der Waals surface area contributed by atoms with Crippen molar-refractivity contribution in [1.29, 1.82) is 0 Å². The van der Waals surface area contributed by atoms with Gasteiger partial charge in [-0.15, -0.1) is 0 Å². The number of likely N-dealkylation sites (N-methyl/N-ethyl adjacent to an activating group) is 1. The van der Waals surface area contributed by atoms with E-state index in [4.69, 9.17) is 4.74 Å². The molecule has 1 aliphatic rings. The van der Waals surface area contributed by atoms with E-state index >= 15 is 0 Å². The number of hydrogen-bond donors (Lipinski definition) is 1. The maximum Gasteiger partial charge on any atom is 0.329 e. The molecule has 0 unspecified atom stereocenters. The lowest BCUT2D eigenvalue weighted by Gasteiger charge is -2.39. The first-order chi connectivity index (χ1) is 5.10. The molecule has 0 spiro atoms. The standard InChI is InChI=1S/C8H15NO2/c1-6(2)4-8(9-3)5-11-7(8)10/h6,9H,4-5H2,1-3H3/t8-/m1/s1. The van der Waals surface area contributed by atoms with Crippen molar-refractivity contribution in [3.63, 3.8) is 0 Å². The van der Waals surface area contributed by atoms with Crippen LogP contribution in [0.3, 0.4) is 0 Å². The molecule has 0 aromatic rings. The Kier molecular flexibility index (Phi) is 2.18. The number of ether oxygens (including phenoxy) is 1. The molecule has 1 rings (SSSR count). The van der Waals surface area contributed by atoms with Crippen LogP contribution in [0.5, 0.6) is 0 Å². The molecule has 1 atom stereocenters. The molecular weight excluding hydrogens is 142 g/mol. The van der Waals surface area contributed by atoms with Crippen LogP contribution in [0, 0.1) is 5.92 Å². The second-order valence-electron chi connectivity index (χ2n) is 3.51. The summed E-state index contributed by atoms with van der Waals surface area (Å²) in [4.78, 5) is 11.0. The van der Waals surface area contributed by atoms with Gasteiger partial charge in [-0.2, -0.15) is 0 Å². The summed E-state index contributed by atoms with van der Waals surface area (Å²) in [5.41, 5.74) is -0.367. The van der Waals surface area contributed by atoms with E-state index in [1.165, 1.54) is 0 Å². The highest BCUT2D eigenvalue weighted by atomic mass is 16.6. The van der Waals surface area contributed by atoms with Crippen molar-refractivity contribution >= 4 is 5.97 Å². The average molecular weight is 157 g/mol. The average Bonchev–Trinajstić information content (AvgIpc) is 1.96. The van der Waals surface area contributed by atoms with E-state index in [0.717, 1.165) is 6.42 Å². The van der Waals surface area contributed by atoms with Crippen LogP contribution in [-0.2, 0) is 9.53 Å². The third kappa shape index (κ3) is 1.38. The van der Waals surface area contributed by atoms with E-state index in [-0.39, 0.29) is 11.5 Å². The van der Waals surface area contributed by atoms with Gasteiger partial charge in [0.15, 0.2) is 5.54 Å². The van der Waals surface area contributed by atoms with Crippen molar-refractivity contribution < 1.29 is 9.53 Å². The van der Waals surface area contributed by atoms with Gasteiger partial charge in [0.1, 0.15) is 6.61 Å². The van der Waals surface area contributed by atoms with Crippen LogP contribution < -0.4 is 5.32 Å². The second-order valence-corrected chi connectivity index (χ2v) is 3.51. The molecule has 0 amide bonds. The van der Waals surface area contributed by atoms with Crippen LogP contribution in [0.1, 0.15) is 20.3 Å². The SMILES string of the molecule is CN[C@]1(CC(C)C)COC1=O. The maximum absolute atomic E-state index is 11.0. The number of carbonyl (C=O) groups excluding carboxylic acids is 1. The van der Waals surface area contributed by atoms with Crippen LogP contribution in [0.15, 0.2) is 0 Å². The van der Waals surface area contributed by atoms with E-state index < -0.39 is 0 Å². The molecular formula is C8H15NO2. The largest absolute Gasteiger partial charge is 0.462 e. The summed E-state index contributed by atoms with van der Waals surface area (Å²) in [5.74, 6) is 0.420. The summed E-state index contributed by atoms with van der Waals surface area (Å²) in [6, 6.07) is 0. The molecule has 0 aliphatic carbocycles. The zero-order chi connectivity index (χ0) is 8.48. The molecule has 1 saturated heterocycles. The topological polar surface area (TPSA) is 38.3 Å². The Morgan fingerprint density at radius 2 is 2.36 bits per heavy atom. The molecule has 1 N–H and O–H groups in total. The number of cyclic esters (lactones) is 1. The first kappa shape index (κ1) is 8.53. The molecule has 11 heavy (non-hydrogen) atoms. The summed E-state index contributed by atoms with van der Waals surface area (Å²) < 4.78 is 4.74. The van der Waals surface area contributed by atoms with Crippen LogP contribution in [0.2, 0.25) is 0 Å². The summed E-state index contributed by atoms with van der Waals surface area (Å²) in [5, 5.41) is 3.02. The molecule has 1 aliphatic heterocycles. The number of nitrogens with one attached hydrogen (secondary N) is 1. The Labute approximate surface area is 67.1 Å². The lowest BCUT2D eigenvalue weighted by atomic mass is 9.86. The number of rotatable bonds is 3. The molecule has 0 aromatic heterocycles. The van der Waals surface area contributed by atoms with Crippen molar-refractivity contribution in [3.05, 3.63) is 0 Å². The van der Waals surface area contributed by atoms with E-state index in [0.29, 0.717) is 12.5 Å². The maximum atomic E-state index is 11.0. The van der Waals surface area contributed by atoms with Gasteiger partial charge in [-0.3, -0.25) is 0 Å². The quantitative estimate of drug-likeness (QED) is 0.608. The first-order valence-electron chi connectivity index (χ1n) is 3.97. The van der Waals surface area contributed by atoms with Gasteiger partial charge in [-0.05, 0) is 19.4 Å². The van der Waals surface area contributed by atoms with E-state index in [1.807, 2.05) is 7.05 Å². The summed E-state index contributed by atoms with van der Waals surface area (Å²) in [7, 11) is 1.81. The monoisotopic (exact) mass is 157 g/mol. The first-order valence-corrected chi connectivity index (χ1v) is 3.97. The lowest BCUT2D eigenvalue weighted by Crippen LogP contribution is -2.63. The molecule has 0 radical (unpaired) electrons. The van der Waals surface area contributed by atoms with E-state index in [9.17, 15) is 4.79 Å². The Bertz CT molecular complexity index is 163. The van der Waals surface area contributed by atoms with Crippen molar-refractivity contribution in [2.24, 2.45) is 5.92 Å². The molecule has 0 bridgehead atoms. The molecule has 3 nitrogen and oxygen atoms in total. The van der Waals surface area contributed by atoms with Gasteiger partial charge in [0.25, 0.3) is 0 Å². The fourth-order valence-electron chi connectivity index (χ4n) is 1.42. The Morgan fingerprint density at radius 1 is 1.73 bits per heavy atom. The number of hydrogen-bond acceptors (Lipinski definition) is 3. The number of esters is 1. The number of carbonyl (C=O) groups is 1. The third-order valence-corrected chi connectivity index (χ3v) is 2.08. The fraction of sp³-hybridized carbons (Fsp3) is 0.875. The minimum atomic E-state index is -0.367. The van der Waals surface area contributed by atoms with Gasteiger partial charge in [0, 0.05) is 0 Å².